The maximum atomic E-state index is 5.28. The van der Waals surface area contributed by atoms with E-state index < -0.39 is 0 Å². The van der Waals surface area contributed by atoms with Crippen LogP contribution in [0, 0.1) is 0 Å². The van der Waals surface area contributed by atoms with Gasteiger partial charge in [-0.25, -0.2) is 0 Å². The summed E-state index contributed by atoms with van der Waals surface area (Å²) in [6, 6.07) is 0.744. The quantitative estimate of drug-likeness (QED) is 0.504. The van der Waals surface area contributed by atoms with Crippen LogP contribution < -0.4 is 0 Å². The molecular formula is C8H15NO. The molecule has 0 aromatic heterocycles. The maximum Gasteiger partial charge on any atom is 0.0964 e. The van der Waals surface area contributed by atoms with Crippen LogP contribution in [0.5, 0.6) is 0 Å². The van der Waals surface area contributed by atoms with Gasteiger partial charge in [-0.05, 0) is 26.4 Å². The van der Waals surface area contributed by atoms with Gasteiger partial charge in [-0.3, -0.25) is 0 Å². The molecule has 2 atom stereocenters. The van der Waals surface area contributed by atoms with Crippen LogP contribution in [-0.4, -0.2) is 37.2 Å². The maximum absolute atomic E-state index is 5.28. The minimum absolute atomic E-state index is 0.588. The molecule has 2 nitrogen and oxygen atoms in total. The summed E-state index contributed by atoms with van der Waals surface area (Å²) in [4.78, 5) is 2.45. The number of likely N-dealkylation sites (N-methyl/N-ethyl adjacent to an activating group) is 1. The Morgan fingerprint density at radius 3 is 2.80 bits per heavy atom. The second kappa shape index (κ2) is 2.51. The van der Waals surface area contributed by atoms with Gasteiger partial charge in [0.15, 0.2) is 0 Å². The fourth-order valence-electron chi connectivity index (χ4n) is 1.85. The standard InChI is InChI=1S/C8H15NO/c1-9-5-3-2-4-7(9)8-6-10-8/h7-8H,2-6H2,1H3. The molecule has 10 heavy (non-hydrogen) atoms. The summed E-state index contributed by atoms with van der Waals surface area (Å²) < 4.78 is 5.28. The van der Waals surface area contributed by atoms with Crippen LogP contribution >= 0.6 is 0 Å². The van der Waals surface area contributed by atoms with Crippen molar-refractivity contribution in [2.24, 2.45) is 0 Å². The normalized spacial score (nSPS) is 41.7. The van der Waals surface area contributed by atoms with Crippen molar-refractivity contribution in [1.29, 1.82) is 0 Å². The van der Waals surface area contributed by atoms with E-state index in [1.165, 1.54) is 25.8 Å². The van der Waals surface area contributed by atoms with Crippen LogP contribution in [0.2, 0.25) is 0 Å². The number of nitrogens with zero attached hydrogens (tertiary/aromatic N) is 1. The van der Waals surface area contributed by atoms with Gasteiger partial charge in [0.25, 0.3) is 0 Å². The van der Waals surface area contributed by atoms with Gasteiger partial charge in [-0.2, -0.15) is 0 Å². The Morgan fingerprint density at radius 1 is 1.40 bits per heavy atom. The van der Waals surface area contributed by atoms with Crippen LogP contribution in [-0.2, 0) is 4.74 Å². The zero-order valence-corrected chi connectivity index (χ0v) is 6.55. The Labute approximate surface area is 62.2 Å². The van der Waals surface area contributed by atoms with E-state index in [0.717, 1.165) is 12.6 Å². The van der Waals surface area contributed by atoms with Crippen molar-refractivity contribution in [1.82, 2.24) is 4.90 Å². The van der Waals surface area contributed by atoms with Gasteiger partial charge < -0.3 is 9.64 Å². The number of ether oxygens (including phenoxy) is 1. The zero-order chi connectivity index (χ0) is 6.97. The van der Waals surface area contributed by atoms with Gasteiger partial charge in [0, 0.05) is 6.04 Å². The highest BCUT2D eigenvalue weighted by Gasteiger charge is 2.36. The lowest BCUT2D eigenvalue weighted by atomic mass is 10.0. The molecule has 0 bridgehead atoms. The van der Waals surface area contributed by atoms with E-state index in [2.05, 4.69) is 11.9 Å². The van der Waals surface area contributed by atoms with Crippen molar-refractivity contribution in [2.75, 3.05) is 20.2 Å². The van der Waals surface area contributed by atoms with E-state index in [4.69, 9.17) is 4.74 Å². The van der Waals surface area contributed by atoms with Gasteiger partial charge in [-0.1, -0.05) is 6.42 Å². The van der Waals surface area contributed by atoms with Crippen LogP contribution in [0.4, 0.5) is 0 Å². The highest BCUT2D eigenvalue weighted by molar-refractivity contribution is 4.87. The molecule has 2 rings (SSSR count). The van der Waals surface area contributed by atoms with Crippen molar-refractivity contribution in [3.8, 4) is 0 Å². The van der Waals surface area contributed by atoms with Crippen LogP contribution in [0.1, 0.15) is 19.3 Å². The highest BCUT2D eigenvalue weighted by Crippen LogP contribution is 2.25. The molecule has 0 saturated carbocycles. The van der Waals surface area contributed by atoms with Crippen LogP contribution in [0.3, 0.4) is 0 Å². The van der Waals surface area contributed by atoms with Crippen molar-refractivity contribution < 1.29 is 4.74 Å². The molecule has 0 aliphatic carbocycles. The third-order valence-corrected chi connectivity index (χ3v) is 2.62. The topological polar surface area (TPSA) is 15.8 Å². The predicted molar refractivity (Wildman–Crippen MR) is 40.0 cm³/mol. The molecule has 0 spiro atoms. The van der Waals surface area contributed by atoms with Crippen molar-refractivity contribution >= 4 is 0 Å². The first-order chi connectivity index (χ1) is 4.88. The van der Waals surface area contributed by atoms with E-state index in [9.17, 15) is 0 Å². The fourth-order valence-corrected chi connectivity index (χ4v) is 1.85. The smallest absolute Gasteiger partial charge is 0.0964 e. The number of hydrogen-bond donors (Lipinski definition) is 0. The second-order valence-corrected chi connectivity index (χ2v) is 3.42. The van der Waals surface area contributed by atoms with Crippen molar-refractivity contribution in [3.63, 3.8) is 0 Å². The summed E-state index contributed by atoms with van der Waals surface area (Å²) in [6.07, 6.45) is 4.71. The minimum atomic E-state index is 0.588. The van der Waals surface area contributed by atoms with Gasteiger partial charge in [-0.15, -0.1) is 0 Å². The van der Waals surface area contributed by atoms with Crippen LogP contribution in [0.15, 0.2) is 0 Å². The Bertz CT molecular complexity index is 122. The van der Waals surface area contributed by atoms with Gasteiger partial charge in [0.05, 0.1) is 12.7 Å². The molecular weight excluding hydrogens is 126 g/mol. The summed E-state index contributed by atoms with van der Waals surface area (Å²) in [7, 11) is 2.21. The molecule has 0 aromatic rings. The Balaban J connectivity index is 1.90. The van der Waals surface area contributed by atoms with Crippen molar-refractivity contribution in [3.05, 3.63) is 0 Å². The molecule has 0 aromatic carbocycles. The van der Waals surface area contributed by atoms with E-state index in [-0.39, 0.29) is 0 Å². The number of piperidine rings is 1. The van der Waals surface area contributed by atoms with E-state index in [0.29, 0.717) is 6.10 Å². The Hall–Kier alpha value is -0.0800. The monoisotopic (exact) mass is 141 g/mol. The number of hydrogen-bond acceptors (Lipinski definition) is 2. The first-order valence-corrected chi connectivity index (χ1v) is 4.20. The lowest BCUT2D eigenvalue weighted by molar-refractivity contribution is 0.151. The molecule has 2 unspecified atom stereocenters. The molecule has 2 heteroatoms. The number of rotatable bonds is 1. The molecule has 2 aliphatic heterocycles. The average Bonchev–Trinajstić information content (AvgIpc) is 2.71. The summed E-state index contributed by atoms with van der Waals surface area (Å²) in [6.45, 7) is 2.28. The lowest BCUT2D eigenvalue weighted by Gasteiger charge is -2.31. The summed E-state index contributed by atoms with van der Waals surface area (Å²) in [5.41, 5.74) is 0. The molecule has 2 heterocycles. The highest BCUT2D eigenvalue weighted by atomic mass is 16.6. The third-order valence-electron chi connectivity index (χ3n) is 2.62. The molecule has 0 N–H and O–H groups in total. The molecule has 2 saturated heterocycles. The summed E-state index contributed by atoms with van der Waals surface area (Å²) in [5.74, 6) is 0. The van der Waals surface area contributed by atoms with E-state index >= 15 is 0 Å². The average molecular weight is 141 g/mol. The Kier molecular flexibility index (Phi) is 1.66. The molecule has 2 aliphatic rings. The number of likely N-dealkylation sites (tertiary alicyclic amines) is 1. The van der Waals surface area contributed by atoms with E-state index in [1.807, 2.05) is 0 Å². The fraction of sp³-hybridized carbons (Fsp3) is 1.00. The molecule has 0 radical (unpaired) electrons. The SMILES string of the molecule is CN1CCCCC1C1CO1. The predicted octanol–water partition coefficient (Wildman–Crippen LogP) is 0.869. The van der Waals surface area contributed by atoms with Crippen LogP contribution in [0.25, 0.3) is 0 Å². The number of epoxide rings is 1. The van der Waals surface area contributed by atoms with Gasteiger partial charge in [0.1, 0.15) is 0 Å². The Morgan fingerprint density at radius 2 is 2.20 bits per heavy atom. The molecule has 58 valence electrons. The molecule has 2 fully saturated rings. The minimum Gasteiger partial charge on any atom is -0.371 e. The third kappa shape index (κ3) is 1.18. The largest absolute Gasteiger partial charge is 0.371 e. The summed E-state index contributed by atoms with van der Waals surface area (Å²) in [5, 5.41) is 0. The van der Waals surface area contributed by atoms with Gasteiger partial charge in [0.2, 0.25) is 0 Å². The zero-order valence-electron chi connectivity index (χ0n) is 6.55. The van der Waals surface area contributed by atoms with Gasteiger partial charge >= 0.3 is 0 Å². The first-order valence-electron chi connectivity index (χ1n) is 4.20. The van der Waals surface area contributed by atoms with Crippen molar-refractivity contribution in [2.45, 2.75) is 31.4 Å². The molecule has 0 amide bonds. The first kappa shape index (κ1) is 6.62. The lowest BCUT2D eigenvalue weighted by Crippen LogP contribution is -2.39. The second-order valence-electron chi connectivity index (χ2n) is 3.42. The summed E-state index contributed by atoms with van der Waals surface area (Å²) >= 11 is 0. The van der Waals surface area contributed by atoms with E-state index in [1.54, 1.807) is 0 Å².